The summed E-state index contributed by atoms with van der Waals surface area (Å²) in [6, 6.07) is 4.71. The Morgan fingerprint density at radius 3 is 2.94 bits per heavy atom. The van der Waals surface area contributed by atoms with Gasteiger partial charge in [-0.05, 0) is 37.4 Å². The molecule has 1 aromatic carbocycles. The number of hydrogen-bond acceptors (Lipinski definition) is 2. The van der Waals surface area contributed by atoms with Crippen LogP contribution in [0.15, 0.2) is 18.2 Å². The Balaban J connectivity index is 2.27. The van der Waals surface area contributed by atoms with Crippen molar-refractivity contribution in [2.45, 2.75) is 25.8 Å². The summed E-state index contributed by atoms with van der Waals surface area (Å²) >= 11 is 6.14. The second-order valence-corrected chi connectivity index (χ2v) is 5.54. The van der Waals surface area contributed by atoms with Crippen LogP contribution in [0.1, 0.15) is 31.4 Å². The van der Waals surface area contributed by atoms with Gasteiger partial charge in [-0.1, -0.05) is 24.6 Å². The highest BCUT2D eigenvalue weighted by Gasteiger charge is 2.27. The van der Waals surface area contributed by atoms with E-state index in [0.29, 0.717) is 23.0 Å². The molecular formula is C14H20ClFN2. The zero-order valence-electron chi connectivity index (χ0n) is 10.7. The summed E-state index contributed by atoms with van der Waals surface area (Å²) in [7, 11) is 0. The van der Waals surface area contributed by atoms with Gasteiger partial charge in [0, 0.05) is 23.7 Å². The summed E-state index contributed by atoms with van der Waals surface area (Å²) in [5.74, 6) is 0.384. The summed E-state index contributed by atoms with van der Waals surface area (Å²) in [6.07, 6.45) is 2.38. The molecule has 18 heavy (non-hydrogen) atoms. The molecule has 0 spiro atoms. The van der Waals surface area contributed by atoms with E-state index in [2.05, 4.69) is 11.8 Å². The molecule has 2 rings (SSSR count). The third-order valence-corrected chi connectivity index (χ3v) is 4.01. The van der Waals surface area contributed by atoms with Gasteiger partial charge in [-0.3, -0.25) is 4.90 Å². The molecule has 1 aromatic rings. The first-order valence-electron chi connectivity index (χ1n) is 6.51. The molecule has 1 fully saturated rings. The van der Waals surface area contributed by atoms with E-state index >= 15 is 0 Å². The number of nitrogens with zero attached hydrogens (tertiary/aromatic N) is 1. The predicted octanol–water partition coefficient (Wildman–Crippen LogP) is 3.21. The number of benzene rings is 1. The number of piperidine rings is 1. The van der Waals surface area contributed by atoms with Gasteiger partial charge in [0.25, 0.3) is 0 Å². The minimum Gasteiger partial charge on any atom is -0.329 e. The number of nitrogens with two attached hydrogens (primary N) is 1. The fraction of sp³-hybridized carbons (Fsp3) is 0.571. The first-order valence-corrected chi connectivity index (χ1v) is 6.89. The average molecular weight is 271 g/mol. The summed E-state index contributed by atoms with van der Waals surface area (Å²) in [5.41, 5.74) is 6.40. The number of rotatable bonds is 3. The Bertz CT molecular complexity index is 391. The Labute approximate surface area is 113 Å². The highest BCUT2D eigenvalue weighted by Crippen LogP contribution is 2.32. The average Bonchev–Trinajstić information content (AvgIpc) is 2.34. The Kier molecular flexibility index (Phi) is 4.60. The topological polar surface area (TPSA) is 29.3 Å². The van der Waals surface area contributed by atoms with Crippen LogP contribution in [0, 0.1) is 11.7 Å². The van der Waals surface area contributed by atoms with Crippen molar-refractivity contribution in [2.75, 3.05) is 19.6 Å². The van der Waals surface area contributed by atoms with E-state index < -0.39 is 0 Å². The Morgan fingerprint density at radius 2 is 2.33 bits per heavy atom. The van der Waals surface area contributed by atoms with Crippen LogP contribution >= 0.6 is 11.6 Å². The van der Waals surface area contributed by atoms with Crippen molar-refractivity contribution in [2.24, 2.45) is 11.7 Å². The quantitative estimate of drug-likeness (QED) is 0.914. The molecule has 2 N–H and O–H groups in total. The minimum atomic E-state index is -0.254. The van der Waals surface area contributed by atoms with E-state index in [1.807, 2.05) is 0 Å². The fourth-order valence-electron chi connectivity index (χ4n) is 2.79. The molecule has 100 valence electrons. The van der Waals surface area contributed by atoms with Crippen LogP contribution < -0.4 is 5.73 Å². The monoisotopic (exact) mass is 270 g/mol. The van der Waals surface area contributed by atoms with Crippen molar-refractivity contribution in [3.63, 3.8) is 0 Å². The van der Waals surface area contributed by atoms with Gasteiger partial charge in [0.1, 0.15) is 5.82 Å². The van der Waals surface area contributed by atoms with Crippen LogP contribution in [0.3, 0.4) is 0 Å². The molecule has 1 aliphatic heterocycles. The molecule has 2 atom stereocenters. The molecular weight excluding hydrogens is 251 g/mol. The fourth-order valence-corrected chi connectivity index (χ4v) is 3.08. The second-order valence-electron chi connectivity index (χ2n) is 5.13. The van der Waals surface area contributed by atoms with Crippen molar-refractivity contribution >= 4 is 11.6 Å². The van der Waals surface area contributed by atoms with Crippen LogP contribution in [0.5, 0.6) is 0 Å². The molecule has 0 radical (unpaired) electrons. The van der Waals surface area contributed by atoms with E-state index in [1.54, 1.807) is 12.1 Å². The molecule has 0 bridgehead atoms. The number of hydrogen-bond donors (Lipinski definition) is 1. The van der Waals surface area contributed by atoms with Gasteiger partial charge in [0.2, 0.25) is 0 Å². The lowest BCUT2D eigenvalue weighted by Crippen LogP contribution is -2.40. The Morgan fingerprint density at radius 1 is 1.56 bits per heavy atom. The lowest BCUT2D eigenvalue weighted by atomic mass is 9.96. The van der Waals surface area contributed by atoms with E-state index in [4.69, 9.17) is 17.3 Å². The highest BCUT2D eigenvalue weighted by molar-refractivity contribution is 6.31. The third kappa shape index (κ3) is 2.85. The van der Waals surface area contributed by atoms with E-state index in [-0.39, 0.29) is 11.9 Å². The van der Waals surface area contributed by atoms with Gasteiger partial charge in [0.15, 0.2) is 0 Å². The molecule has 1 aliphatic rings. The van der Waals surface area contributed by atoms with Crippen molar-refractivity contribution in [3.05, 3.63) is 34.6 Å². The first-order chi connectivity index (χ1) is 8.63. The van der Waals surface area contributed by atoms with Gasteiger partial charge >= 0.3 is 0 Å². The van der Waals surface area contributed by atoms with Crippen LogP contribution in [0.4, 0.5) is 4.39 Å². The Hall–Kier alpha value is -0.640. The van der Waals surface area contributed by atoms with Crippen LogP contribution in [-0.4, -0.2) is 24.5 Å². The maximum atomic E-state index is 14.0. The zero-order valence-corrected chi connectivity index (χ0v) is 11.5. The van der Waals surface area contributed by atoms with E-state index in [9.17, 15) is 4.39 Å². The normalized spacial score (nSPS) is 23.0. The molecule has 1 heterocycles. The predicted molar refractivity (Wildman–Crippen MR) is 73.2 cm³/mol. The van der Waals surface area contributed by atoms with Gasteiger partial charge in [-0.2, -0.15) is 0 Å². The molecule has 2 nitrogen and oxygen atoms in total. The van der Waals surface area contributed by atoms with Crippen LogP contribution in [0.2, 0.25) is 5.02 Å². The first kappa shape index (κ1) is 13.8. The van der Waals surface area contributed by atoms with Crippen molar-refractivity contribution < 1.29 is 4.39 Å². The molecule has 0 aromatic heterocycles. The SMILES string of the molecule is C[C@H]1CCCN([C@@H](CN)c2c(F)cccc2Cl)C1. The summed E-state index contributed by atoms with van der Waals surface area (Å²) < 4.78 is 14.0. The summed E-state index contributed by atoms with van der Waals surface area (Å²) in [4.78, 5) is 2.26. The lowest BCUT2D eigenvalue weighted by Gasteiger charge is -2.37. The van der Waals surface area contributed by atoms with Gasteiger partial charge in [-0.25, -0.2) is 4.39 Å². The maximum Gasteiger partial charge on any atom is 0.129 e. The smallest absolute Gasteiger partial charge is 0.129 e. The van der Waals surface area contributed by atoms with Gasteiger partial charge in [-0.15, -0.1) is 0 Å². The summed E-state index contributed by atoms with van der Waals surface area (Å²) in [6.45, 7) is 4.56. The highest BCUT2D eigenvalue weighted by atomic mass is 35.5. The van der Waals surface area contributed by atoms with Crippen LogP contribution in [0.25, 0.3) is 0 Å². The van der Waals surface area contributed by atoms with Crippen molar-refractivity contribution in [1.29, 1.82) is 0 Å². The lowest BCUT2D eigenvalue weighted by molar-refractivity contribution is 0.131. The number of halogens is 2. The second kappa shape index (κ2) is 6.00. The standard InChI is InChI=1S/C14H20ClFN2/c1-10-4-3-7-18(9-10)13(8-17)14-11(15)5-2-6-12(14)16/h2,5-6,10,13H,3-4,7-9,17H2,1H3/t10-,13-/m0/s1. The number of likely N-dealkylation sites (tertiary alicyclic amines) is 1. The molecule has 0 aliphatic carbocycles. The summed E-state index contributed by atoms with van der Waals surface area (Å²) in [5, 5.41) is 0.476. The molecule has 0 saturated carbocycles. The van der Waals surface area contributed by atoms with Crippen molar-refractivity contribution in [1.82, 2.24) is 4.90 Å². The largest absolute Gasteiger partial charge is 0.329 e. The minimum absolute atomic E-state index is 0.110. The van der Waals surface area contributed by atoms with E-state index in [1.165, 1.54) is 12.5 Å². The third-order valence-electron chi connectivity index (χ3n) is 3.69. The van der Waals surface area contributed by atoms with Gasteiger partial charge < -0.3 is 5.73 Å². The van der Waals surface area contributed by atoms with Crippen molar-refractivity contribution in [3.8, 4) is 0 Å². The molecule has 1 saturated heterocycles. The van der Waals surface area contributed by atoms with Gasteiger partial charge in [0.05, 0.1) is 6.04 Å². The molecule has 4 heteroatoms. The van der Waals surface area contributed by atoms with E-state index in [0.717, 1.165) is 19.5 Å². The molecule has 0 amide bonds. The maximum absolute atomic E-state index is 14.0. The molecule has 0 unspecified atom stereocenters. The van der Waals surface area contributed by atoms with Crippen LogP contribution in [-0.2, 0) is 0 Å². The zero-order chi connectivity index (χ0) is 13.1.